The summed E-state index contributed by atoms with van der Waals surface area (Å²) < 4.78 is 4.99. The van der Waals surface area contributed by atoms with Crippen molar-refractivity contribution in [3.05, 3.63) is 32.0 Å². The third-order valence-electron chi connectivity index (χ3n) is 3.70. The van der Waals surface area contributed by atoms with Crippen LogP contribution in [0, 0.1) is 6.92 Å². The molecule has 7 heteroatoms. The number of anilines is 1. The smallest absolute Gasteiger partial charge is 0.350 e. The molecule has 0 radical (unpaired) electrons. The van der Waals surface area contributed by atoms with E-state index in [0.717, 1.165) is 24.2 Å². The lowest BCUT2D eigenvalue weighted by molar-refractivity contribution is 0.0531. The molecule has 5 nitrogen and oxygen atoms in total. The summed E-state index contributed by atoms with van der Waals surface area (Å²) in [5.74, 6) is -0.553. The maximum absolute atomic E-state index is 12.4. The molecule has 1 amide bonds. The minimum absolute atomic E-state index is 0.159. The van der Waals surface area contributed by atoms with Crippen molar-refractivity contribution in [2.75, 3.05) is 11.9 Å². The van der Waals surface area contributed by atoms with Gasteiger partial charge in [0.25, 0.3) is 5.91 Å². The Morgan fingerprint density at radius 3 is 2.83 bits per heavy atom. The van der Waals surface area contributed by atoms with Gasteiger partial charge in [0, 0.05) is 4.88 Å². The summed E-state index contributed by atoms with van der Waals surface area (Å²) >= 11 is 2.71. The number of carbonyl (C=O) groups excluding carboxylic acids is 2. The van der Waals surface area contributed by atoms with Crippen LogP contribution < -0.4 is 5.32 Å². The number of aryl methyl sites for hydroxylation is 3. The van der Waals surface area contributed by atoms with Gasteiger partial charge in [-0.25, -0.2) is 9.78 Å². The fraction of sp³-hybridized carbons (Fsp3) is 0.438. The summed E-state index contributed by atoms with van der Waals surface area (Å²) in [5, 5.41) is 3.23. The van der Waals surface area contributed by atoms with E-state index in [1.165, 1.54) is 23.3 Å². The molecule has 2 aromatic rings. The molecule has 0 unspecified atom stereocenters. The monoisotopic (exact) mass is 350 g/mol. The standard InChI is InChI=1S/C16H18N2O3S2/c1-3-21-15(20)13-9(2)17-16(23-13)18-14(19)12-8-10-6-4-5-7-11(10)22-12/h8H,3-7H2,1-2H3,(H,17,18,19). The molecule has 122 valence electrons. The number of fused-ring (bicyclic) bond motifs is 1. The third kappa shape index (κ3) is 3.45. The van der Waals surface area contributed by atoms with Gasteiger partial charge in [-0.05, 0) is 51.2 Å². The van der Waals surface area contributed by atoms with E-state index < -0.39 is 5.97 Å². The van der Waals surface area contributed by atoms with Crippen LogP contribution in [-0.2, 0) is 17.6 Å². The summed E-state index contributed by atoms with van der Waals surface area (Å²) in [7, 11) is 0. The first kappa shape index (κ1) is 16.1. The van der Waals surface area contributed by atoms with Crippen LogP contribution in [0.15, 0.2) is 6.07 Å². The molecule has 0 spiro atoms. The molecule has 3 rings (SSSR count). The van der Waals surface area contributed by atoms with E-state index in [4.69, 9.17) is 4.74 Å². The van der Waals surface area contributed by atoms with Crippen LogP contribution in [0.4, 0.5) is 5.13 Å². The maximum Gasteiger partial charge on any atom is 0.350 e. The molecule has 0 atom stereocenters. The Hall–Kier alpha value is -1.73. The number of amides is 1. The van der Waals surface area contributed by atoms with Crippen LogP contribution in [-0.4, -0.2) is 23.5 Å². The zero-order valence-corrected chi connectivity index (χ0v) is 14.7. The van der Waals surface area contributed by atoms with E-state index in [1.807, 2.05) is 6.07 Å². The zero-order valence-electron chi connectivity index (χ0n) is 13.1. The molecule has 1 aliphatic rings. The number of ether oxygens (including phenoxy) is 1. The SMILES string of the molecule is CCOC(=O)c1sc(NC(=O)c2cc3c(s2)CCCC3)nc1C. The number of hydrogen-bond donors (Lipinski definition) is 1. The molecule has 2 heterocycles. The predicted molar refractivity (Wildman–Crippen MR) is 91.7 cm³/mol. The quantitative estimate of drug-likeness (QED) is 0.851. The number of carbonyl (C=O) groups is 2. The van der Waals surface area contributed by atoms with Crippen molar-refractivity contribution in [1.29, 1.82) is 0 Å². The van der Waals surface area contributed by atoms with Gasteiger partial charge in [-0.1, -0.05) is 11.3 Å². The molecule has 0 aromatic carbocycles. The van der Waals surface area contributed by atoms with Crippen LogP contribution in [0.5, 0.6) is 0 Å². The minimum Gasteiger partial charge on any atom is -0.462 e. The van der Waals surface area contributed by atoms with Crippen LogP contribution in [0.1, 0.15) is 55.2 Å². The molecule has 0 fully saturated rings. The van der Waals surface area contributed by atoms with E-state index in [9.17, 15) is 9.59 Å². The van der Waals surface area contributed by atoms with Crippen molar-refractivity contribution in [2.45, 2.75) is 39.5 Å². The first-order chi connectivity index (χ1) is 11.1. The van der Waals surface area contributed by atoms with E-state index in [1.54, 1.807) is 25.2 Å². The number of esters is 1. The fourth-order valence-electron chi connectivity index (χ4n) is 2.60. The van der Waals surface area contributed by atoms with Gasteiger partial charge in [-0.2, -0.15) is 0 Å². The highest BCUT2D eigenvalue weighted by Crippen LogP contribution is 2.31. The van der Waals surface area contributed by atoms with E-state index in [2.05, 4.69) is 10.3 Å². The lowest BCUT2D eigenvalue weighted by Crippen LogP contribution is -2.09. The second kappa shape index (κ2) is 6.80. The van der Waals surface area contributed by atoms with Gasteiger partial charge in [-0.15, -0.1) is 11.3 Å². The minimum atomic E-state index is -0.394. The molecule has 0 bridgehead atoms. The summed E-state index contributed by atoms with van der Waals surface area (Å²) in [6.45, 7) is 3.82. The van der Waals surface area contributed by atoms with Crippen molar-refractivity contribution in [3.63, 3.8) is 0 Å². The highest BCUT2D eigenvalue weighted by Gasteiger charge is 2.20. The lowest BCUT2D eigenvalue weighted by Gasteiger charge is -2.08. The highest BCUT2D eigenvalue weighted by atomic mass is 32.1. The molecular formula is C16H18N2O3S2. The van der Waals surface area contributed by atoms with Gasteiger partial charge in [0.2, 0.25) is 0 Å². The Balaban J connectivity index is 1.74. The van der Waals surface area contributed by atoms with Gasteiger partial charge in [0.05, 0.1) is 17.2 Å². The summed E-state index contributed by atoms with van der Waals surface area (Å²) in [6, 6.07) is 1.99. The van der Waals surface area contributed by atoms with Crippen LogP contribution in [0.2, 0.25) is 0 Å². The molecule has 2 aromatic heterocycles. The van der Waals surface area contributed by atoms with Crippen molar-refractivity contribution in [1.82, 2.24) is 4.98 Å². The maximum atomic E-state index is 12.4. The first-order valence-electron chi connectivity index (χ1n) is 7.66. The Labute approximate surface area is 142 Å². The van der Waals surface area contributed by atoms with E-state index >= 15 is 0 Å². The average Bonchev–Trinajstić information content (AvgIpc) is 3.11. The fourth-order valence-corrected chi connectivity index (χ4v) is 4.60. The Morgan fingerprint density at radius 1 is 1.30 bits per heavy atom. The van der Waals surface area contributed by atoms with Gasteiger partial charge in [-0.3, -0.25) is 10.1 Å². The van der Waals surface area contributed by atoms with Gasteiger partial charge in [0.1, 0.15) is 4.88 Å². The number of thiazole rings is 1. The molecule has 0 aliphatic heterocycles. The van der Waals surface area contributed by atoms with Crippen molar-refractivity contribution in [2.24, 2.45) is 0 Å². The Kier molecular flexibility index (Phi) is 4.77. The van der Waals surface area contributed by atoms with Gasteiger partial charge in [0.15, 0.2) is 5.13 Å². The van der Waals surface area contributed by atoms with Gasteiger partial charge < -0.3 is 4.74 Å². The molecular weight excluding hydrogens is 332 g/mol. The van der Waals surface area contributed by atoms with Gasteiger partial charge >= 0.3 is 5.97 Å². The predicted octanol–water partition coefficient (Wildman–Crippen LogP) is 3.82. The second-order valence-corrected chi connectivity index (χ2v) is 7.51. The lowest BCUT2D eigenvalue weighted by atomic mass is 9.99. The highest BCUT2D eigenvalue weighted by molar-refractivity contribution is 7.18. The number of rotatable bonds is 4. The summed E-state index contributed by atoms with van der Waals surface area (Å²) in [5.41, 5.74) is 1.88. The number of thiophene rings is 1. The van der Waals surface area contributed by atoms with Crippen LogP contribution in [0.25, 0.3) is 0 Å². The second-order valence-electron chi connectivity index (χ2n) is 5.37. The number of nitrogens with one attached hydrogen (secondary N) is 1. The third-order valence-corrected chi connectivity index (χ3v) is 5.99. The largest absolute Gasteiger partial charge is 0.462 e. The molecule has 0 saturated carbocycles. The molecule has 1 aliphatic carbocycles. The topological polar surface area (TPSA) is 68.3 Å². The first-order valence-corrected chi connectivity index (χ1v) is 9.29. The van der Waals surface area contributed by atoms with Crippen LogP contribution >= 0.6 is 22.7 Å². The molecule has 23 heavy (non-hydrogen) atoms. The van der Waals surface area contributed by atoms with Crippen molar-refractivity contribution < 1.29 is 14.3 Å². The number of aromatic nitrogens is 1. The average molecular weight is 350 g/mol. The Bertz CT molecular complexity index is 725. The molecule has 1 N–H and O–H groups in total. The van der Waals surface area contributed by atoms with E-state index in [0.29, 0.717) is 27.2 Å². The van der Waals surface area contributed by atoms with Crippen molar-refractivity contribution >= 4 is 39.7 Å². The number of nitrogens with zero attached hydrogens (tertiary/aromatic N) is 1. The summed E-state index contributed by atoms with van der Waals surface area (Å²) in [6.07, 6.45) is 4.52. The Morgan fingerprint density at radius 2 is 2.09 bits per heavy atom. The normalized spacial score (nSPS) is 13.5. The number of hydrogen-bond acceptors (Lipinski definition) is 6. The van der Waals surface area contributed by atoms with Crippen LogP contribution in [0.3, 0.4) is 0 Å². The summed E-state index contributed by atoms with van der Waals surface area (Å²) in [4.78, 5) is 30.9. The van der Waals surface area contributed by atoms with Crippen molar-refractivity contribution in [3.8, 4) is 0 Å². The zero-order chi connectivity index (χ0) is 16.4. The molecule has 0 saturated heterocycles. The van der Waals surface area contributed by atoms with E-state index in [-0.39, 0.29) is 5.91 Å².